The van der Waals surface area contributed by atoms with E-state index in [9.17, 15) is 10.2 Å². The molecule has 0 saturated heterocycles. The molecule has 1 atom stereocenters. The smallest absolute Gasteiger partial charge is 0.111 e. The highest BCUT2D eigenvalue weighted by atomic mass is 16.3. The summed E-state index contributed by atoms with van der Waals surface area (Å²) in [5.41, 5.74) is -0.688. The minimum Gasteiger partial charge on any atom is -0.508 e. The van der Waals surface area contributed by atoms with E-state index in [1.54, 1.807) is 18.2 Å². The van der Waals surface area contributed by atoms with Gasteiger partial charge < -0.3 is 10.2 Å². The van der Waals surface area contributed by atoms with Crippen LogP contribution in [0.4, 0.5) is 0 Å². The molecule has 0 amide bonds. The number of rotatable bonds is 1. The average molecular weight is 194 g/mol. The topological polar surface area (TPSA) is 40.5 Å². The first-order chi connectivity index (χ1) is 6.71. The molecule has 78 valence electrons. The molecule has 0 aromatic heterocycles. The predicted octanol–water partition coefficient (Wildman–Crippen LogP) is 2.70. The van der Waals surface area contributed by atoms with Crippen molar-refractivity contribution >= 4 is 0 Å². The minimum absolute atomic E-state index is 0.283. The van der Waals surface area contributed by atoms with Crippen LogP contribution in [-0.4, -0.2) is 15.8 Å². The molecule has 2 aliphatic rings. The van der Waals surface area contributed by atoms with Crippen molar-refractivity contribution in [2.24, 2.45) is 5.92 Å². The third-order valence-corrected chi connectivity index (χ3v) is 3.49. The Morgan fingerprint density at radius 1 is 1.21 bits per heavy atom. The van der Waals surface area contributed by atoms with Crippen LogP contribution in [0.25, 0.3) is 0 Å². The molecular formula is C12H18O2. The van der Waals surface area contributed by atoms with Gasteiger partial charge in [0, 0.05) is 6.42 Å². The normalized spacial score (nSPS) is 34.2. The summed E-state index contributed by atoms with van der Waals surface area (Å²) in [5.74, 6) is 0.669. The van der Waals surface area contributed by atoms with Gasteiger partial charge >= 0.3 is 0 Å². The lowest BCUT2D eigenvalue weighted by Gasteiger charge is -2.36. The third-order valence-electron chi connectivity index (χ3n) is 3.49. The molecular weight excluding hydrogens is 176 g/mol. The standard InChI is InChI=1S/C12H18O2/c13-11-6-8-12(14,9-7-11)10-4-2-1-3-5-10/h6-8,10,13-14H,1-5,9H2. The fourth-order valence-electron chi connectivity index (χ4n) is 2.54. The second-order valence-electron chi connectivity index (χ2n) is 4.49. The number of hydrogen-bond donors (Lipinski definition) is 2. The van der Waals surface area contributed by atoms with E-state index in [-0.39, 0.29) is 5.76 Å². The van der Waals surface area contributed by atoms with Crippen LogP contribution in [0.1, 0.15) is 38.5 Å². The summed E-state index contributed by atoms with van der Waals surface area (Å²) in [6.07, 6.45) is 11.7. The van der Waals surface area contributed by atoms with Crippen molar-refractivity contribution in [3.8, 4) is 0 Å². The summed E-state index contributed by atoms with van der Waals surface area (Å²) < 4.78 is 0. The molecule has 0 bridgehead atoms. The molecule has 14 heavy (non-hydrogen) atoms. The molecule has 0 aromatic carbocycles. The van der Waals surface area contributed by atoms with Crippen LogP contribution in [0.2, 0.25) is 0 Å². The first-order valence-electron chi connectivity index (χ1n) is 5.51. The van der Waals surface area contributed by atoms with E-state index < -0.39 is 5.60 Å². The Labute approximate surface area is 85.0 Å². The zero-order chi connectivity index (χ0) is 10.0. The predicted molar refractivity (Wildman–Crippen MR) is 56.0 cm³/mol. The summed E-state index contributed by atoms with van der Waals surface area (Å²) in [6, 6.07) is 0. The lowest BCUT2D eigenvalue weighted by molar-refractivity contribution is 0.0111. The Kier molecular flexibility index (Phi) is 2.64. The van der Waals surface area contributed by atoms with Gasteiger partial charge in [-0.3, -0.25) is 0 Å². The van der Waals surface area contributed by atoms with Crippen LogP contribution >= 0.6 is 0 Å². The maximum atomic E-state index is 10.4. The minimum atomic E-state index is -0.688. The summed E-state index contributed by atoms with van der Waals surface area (Å²) >= 11 is 0. The molecule has 2 nitrogen and oxygen atoms in total. The van der Waals surface area contributed by atoms with E-state index in [0.29, 0.717) is 12.3 Å². The van der Waals surface area contributed by atoms with Gasteiger partial charge in [-0.05, 0) is 37.0 Å². The molecule has 2 heteroatoms. The van der Waals surface area contributed by atoms with Crippen LogP contribution in [0, 0.1) is 5.92 Å². The van der Waals surface area contributed by atoms with E-state index >= 15 is 0 Å². The molecule has 1 unspecified atom stereocenters. The third kappa shape index (κ3) is 1.85. The molecule has 1 saturated carbocycles. The van der Waals surface area contributed by atoms with Crippen molar-refractivity contribution in [1.29, 1.82) is 0 Å². The lowest BCUT2D eigenvalue weighted by atomic mass is 9.74. The van der Waals surface area contributed by atoms with Crippen molar-refractivity contribution in [3.05, 3.63) is 24.0 Å². The number of allylic oxidation sites excluding steroid dienone is 1. The molecule has 0 radical (unpaired) electrons. The first kappa shape index (κ1) is 9.78. The van der Waals surface area contributed by atoms with Crippen molar-refractivity contribution in [2.75, 3.05) is 0 Å². The van der Waals surface area contributed by atoms with Crippen LogP contribution in [0.3, 0.4) is 0 Å². The fourth-order valence-corrected chi connectivity index (χ4v) is 2.54. The second kappa shape index (κ2) is 3.77. The van der Waals surface area contributed by atoms with E-state index in [1.807, 2.05) is 0 Å². The van der Waals surface area contributed by atoms with Crippen LogP contribution < -0.4 is 0 Å². The quantitative estimate of drug-likeness (QED) is 0.673. The first-order valence-corrected chi connectivity index (χ1v) is 5.51. The molecule has 2 rings (SSSR count). The number of hydrogen-bond acceptors (Lipinski definition) is 2. The SMILES string of the molecule is OC1=CCC(O)(C2CCCCC2)C=C1. The largest absolute Gasteiger partial charge is 0.508 e. The maximum Gasteiger partial charge on any atom is 0.111 e. The van der Waals surface area contributed by atoms with E-state index in [0.717, 1.165) is 12.8 Å². The number of aliphatic hydroxyl groups excluding tert-OH is 1. The Bertz CT molecular complexity index is 261. The van der Waals surface area contributed by atoms with Gasteiger partial charge in [0.1, 0.15) is 5.76 Å². The summed E-state index contributed by atoms with van der Waals surface area (Å²) in [6.45, 7) is 0. The average Bonchev–Trinajstić information content (AvgIpc) is 2.24. The van der Waals surface area contributed by atoms with Crippen molar-refractivity contribution < 1.29 is 10.2 Å². The summed E-state index contributed by atoms with van der Waals surface area (Å²) in [4.78, 5) is 0. The second-order valence-corrected chi connectivity index (χ2v) is 4.49. The van der Waals surface area contributed by atoms with Crippen LogP contribution in [-0.2, 0) is 0 Å². The molecule has 1 fully saturated rings. The van der Waals surface area contributed by atoms with Crippen molar-refractivity contribution in [3.63, 3.8) is 0 Å². The maximum absolute atomic E-state index is 10.4. The Morgan fingerprint density at radius 3 is 2.50 bits per heavy atom. The highest BCUT2D eigenvalue weighted by molar-refractivity contribution is 5.23. The van der Waals surface area contributed by atoms with E-state index in [1.165, 1.54) is 19.3 Å². The molecule has 0 aromatic rings. The van der Waals surface area contributed by atoms with Gasteiger partial charge in [-0.1, -0.05) is 19.3 Å². The van der Waals surface area contributed by atoms with E-state index in [2.05, 4.69) is 0 Å². The van der Waals surface area contributed by atoms with Gasteiger partial charge in [-0.2, -0.15) is 0 Å². The molecule has 0 heterocycles. The molecule has 0 aliphatic heterocycles. The van der Waals surface area contributed by atoms with Gasteiger partial charge in [0.25, 0.3) is 0 Å². The molecule has 2 N–H and O–H groups in total. The van der Waals surface area contributed by atoms with Crippen LogP contribution in [0.5, 0.6) is 0 Å². The lowest BCUT2D eigenvalue weighted by Crippen LogP contribution is -2.37. The molecule has 2 aliphatic carbocycles. The van der Waals surface area contributed by atoms with Gasteiger partial charge in [0.15, 0.2) is 0 Å². The molecule has 0 spiro atoms. The zero-order valence-electron chi connectivity index (χ0n) is 8.45. The Hall–Kier alpha value is -0.760. The summed E-state index contributed by atoms with van der Waals surface area (Å²) in [7, 11) is 0. The van der Waals surface area contributed by atoms with Crippen molar-refractivity contribution in [1.82, 2.24) is 0 Å². The van der Waals surface area contributed by atoms with Gasteiger partial charge in [0.2, 0.25) is 0 Å². The van der Waals surface area contributed by atoms with Crippen molar-refractivity contribution in [2.45, 2.75) is 44.1 Å². The Balaban J connectivity index is 2.05. The van der Waals surface area contributed by atoms with Gasteiger partial charge in [-0.25, -0.2) is 0 Å². The van der Waals surface area contributed by atoms with Crippen LogP contribution in [0.15, 0.2) is 24.0 Å². The zero-order valence-corrected chi connectivity index (χ0v) is 8.45. The van der Waals surface area contributed by atoms with E-state index in [4.69, 9.17) is 0 Å². The number of aliphatic hydroxyl groups is 2. The fraction of sp³-hybridized carbons (Fsp3) is 0.667. The monoisotopic (exact) mass is 194 g/mol. The highest BCUT2D eigenvalue weighted by Crippen LogP contribution is 2.37. The highest BCUT2D eigenvalue weighted by Gasteiger charge is 2.35. The van der Waals surface area contributed by atoms with Gasteiger partial charge in [-0.15, -0.1) is 0 Å². The Morgan fingerprint density at radius 2 is 1.93 bits per heavy atom. The van der Waals surface area contributed by atoms with Gasteiger partial charge in [0.05, 0.1) is 5.60 Å². The summed E-state index contributed by atoms with van der Waals surface area (Å²) in [5, 5.41) is 19.6.